The molecule has 1 fully saturated rings. The minimum absolute atomic E-state index is 0.142. The lowest BCUT2D eigenvalue weighted by molar-refractivity contribution is -0.00835. The molecule has 96 valence electrons. The average molecular weight is 254 g/mol. The van der Waals surface area contributed by atoms with E-state index in [1.165, 1.54) is 12.8 Å². The van der Waals surface area contributed by atoms with Crippen LogP contribution in [-0.2, 0) is 0 Å². The van der Waals surface area contributed by atoms with E-state index in [0.29, 0.717) is 6.54 Å². The van der Waals surface area contributed by atoms with Crippen molar-refractivity contribution < 1.29 is 5.11 Å². The summed E-state index contributed by atoms with van der Waals surface area (Å²) < 4.78 is 0. The molecule has 1 atom stereocenters. The Balaban J connectivity index is 2.17. The van der Waals surface area contributed by atoms with Crippen molar-refractivity contribution >= 4 is 11.3 Å². The van der Waals surface area contributed by atoms with Gasteiger partial charge in [0, 0.05) is 23.0 Å². The second-order valence-corrected chi connectivity index (χ2v) is 6.37. The van der Waals surface area contributed by atoms with Gasteiger partial charge in [0.05, 0.1) is 0 Å². The molecule has 1 unspecified atom stereocenters. The summed E-state index contributed by atoms with van der Waals surface area (Å²) in [5.74, 6) is 0.764. The summed E-state index contributed by atoms with van der Waals surface area (Å²) in [5.41, 5.74) is 6.79. The number of aryl methyl sites for hydroxylation is 1. The predicted molar refractivity (Wildman–Crippen MR) is 70.9 cm³/mol. The van der Waals surface area contributed by atoms with Crippen LogP contribution in [0.3, 0.4) is 0 Å². The fourth-order valence-corrected chi connectivity index (χ4v) is 3.61. The third kappa shape index (κ3) is 2.54. The highest BCUT2D eigenvalue weighted by Gasteiger charge is 2.41. The molecule has 0 spiro atoms. The molecule has 4 heteroatoms. The standard InChI is InChI=1S/C13H22N2OS/c1-9-3-5-13(8-14,6-4-9)11(16)12-15-10(2)7-17-12/h7,9,11,16H,3-6,8,14H2,1-2H3. The largest absolute Gasteiger partial charge is 0.385 e. The molecule has 0 saturated heterocycles. The van der Waals surface area contributed by atoms with Crippen LogP contribution in [0.2, 0.25) is 0 Å². The molecule has 3 nitrogen and oxygen atoms in total. The fraction of sp³-hybridized carbons (Fsp3) is 0.769. The second kappa shape index (κ2) is 5.04. The Morgan fingerprint density at radius 3 is 2.71 bits per heavy atom. The number of aliphatic hydroxyl groups excluding tert-OH is 1. The maximum Gasteiger partial charge on any atom is 0.122 e. The SMILES string of the molecule is Cc1csc(C(O)C2(CN)CCC(C)CC2)n1. The van der Waals surface area contributed by atoms with Gasteiger partial charge in [0.15, 0.2) is 0 Å². The Morgan fingerprint density at radius 2 is 2.24 bits per heavy atom. The molecular weight excluding hydrogens is 232 g/mol. The van der Waals surface area contributed by atoms with Gasteiger partial charge in [-0.15, -0.1) is 11.3 Å². The van der Waals surface area contributed by atoms with Crippen molar-refractivity contribution in [3.8, 4) is 0 Å². The van der Waals surface area contributed by atoms with Gasteiger partial charge in [0.1, 0.15) is 11.1 Å². The quantitative estimate of drug-likeness (QED) is 0.871. The van der Waals surface area contributed by atoms with Crippen LogP contribution < -0.4 is 5.73 Å². The number of aromatic nitrogens is 1. The lowest BCUT2D eigenvalue weighted by atomic mass is 9.67. The molecule has 1 aromatic rings. The van der Waals surface area contributed by atoms with Crippen molar-refractivity contribution in [3.05, 3.63) is 16.1 Å². The van der Waals surface area contributed by atoms with Crippen LogP contribution in [0.25, 0.3) is 0 Å². The van der Waals surface area contributed by atoms with E-state index in [1.807, 2.05) is 12.3 Å². The van der Waals surface area contributed by atoms with E-state index in [2.05, 4.69) is 11.9 Å². The number of hydrogen-bond donors (Lipinski definition) is 2. The predicted octanol–water partition coefficient (Wildman–Crippen LogP) is 2.64. The first-order chi connectivity index (χ1) is 8.07. The van der Waals surface area contributed by atoms with E-state index >= 15 is 0 Å². The summed E-state index contributed by atoms with van der Waals surface area (Å²) in [6.45, 7) is 4.80. The Kier molecular flexibility index (Phi) is 3.85. The first kappa shape index (κ1) is 13.0. The van der Waals surface area contributed by atoms with E-state index in [4.69, 9.17) is 5.73 Å². The Bertz CT molecular complexity index is 369. The summed E-state index contributed by atoms with van der Waals surface area (Å²) in [4.78, 5) is 4.41. The van der Waals surface area contributed by atoms with Crippen molar-refractivity contribution in [2.24, 2.45) is 17.1 Å². The van der Waals surface area contributed by atoms with Gasteiger partial charge in [-0.3, -0.25) is 0 Å². The van der Waals surface area contributed by atoms with Gasteiger partial charge in [-0.25, -0.2) is 4.98 Å². The molecule has 3 N–H and O–H groups in total. The maximum absolute atomic E-state index is 10.6. The summed E-state index contributed by atoms with van der Waals surface area (Å²) in [6.07, 6.45) is 3.88. The highest BCUT2D eigenvalue weighted by atomic mass is 32.1. The molecular formula is C13H22N2OS. The number of thiazole rings is 1. The third-order valence-electron chi connectivity index (χ3n) is 4.13. The lowest BCUT2D eigenvalue weighted by Gasteiger charge is -2.41. The van der Waals surface area contributed by atoms with Gasteiger partial charge >= 0.3 is 0 Å². The van der Waals surface area contributed by atoms with E-state index in [1.54, 1.807) is 11.3 Å². The van der Waals surface area contributed by atoms with Crippen LogP contribution in [0, 0.1) is 18.3 Å². The molecule has 0 bridgehead atoms. The van der Waals surface area contributed by atoms with Gasteiger partial charge in [-0.1, -0.05) is 19.8 Å². The van der Waals surface area contributed by atoms with Crippen molar-refractivity contribution in [1.82, 2.24) is 4.98 Å². The van der Waals surface area contributed by atoms with Crippen LogP contribution in [-0.4, -0.2) is 16.6 Å². The van der Waals surface area contributed by atoms with Crippen LogP contribution in [0.5, 0.6) is 0 Å². The van der Waals surface area contributed by atoms with Gasteiger partial charge in [0.2, 0.25) is 0 Å². The molecule has 2 rings (SSSR count). The molecule has 1 heterocycles. The van der Waals surface area contributed by atoms with Crippen molar-refractivity contribution in [1.29, 1.82) is 0 Å². The van der Waals surface area contributed by atoms with E-state index in [-0.39, 0.29) is 5.41 Å². The number of hydrogen-bond acceptors (Lipinski definition) is 4. The summed E-state index contributed by atoms with van der Waals surface area (Å²) >= 11 is 1.55. The fourth-order valence-electron chi connectivity index (χ4n) is 2.69. The maximum atomic E-state index is 10.6. The Hall–Kier alpha value is -0.450. The molecule has 1 saturated carbocycles. The normalized spacial score (nSPS) is 31.4. The lowest BCUT2D eigenvalue weighted by Crippen LogP contribution is -2.39. The zero-order valence-electron chi connectivity index (χ0n) is 10.6. The molecule has 1 aliphatic carbocycles. The van der Waals surface area contributed by atoms with Crippen LogP contribution in [0.15, 0.2) is 5.38 Å². The molecule has 0 aliphatic heterocycles. The number of rotatable bonds is 3. The van der Waals surface area contributed by atoms with Gasteiger partial charge in [0.25, 0.3) is 0 Å². The first-order valence-corrected chi connectivity index (χ1v) is 7.25. The molecule has 1 aromatic heterocycles. The van der Waals surface area contributed by atoms with Gasteiger partial charge < -0.3 is 10.8 Å². The average Bonchev–Trinajstić information content (AvgIpc) is 2.76. The van der Waals surface area contributed by atoms with Crippen molar-refractivity contribution in [2.75, 3.05) is 6.54 Å². The van der Waals surface area contributed by atoms with Crippen molar-refractivity contribution in [2.45, 2.75) is 45.6 Å². The monoisotopic (exact) mass is 254 g/mol. The van der Waals surface area contributed by atoms with Gasteiger partial charge in [-0.05, 0) is 25.7 Å². The number of nitrogens with two attached hydrogens (primary N) is 1. The highest BCUT2D eigenvalue weighted by molar-refractivity contribution is 7.09. The molecule has 17 heavy (non-hydrogen) atoms. The van der Waals surface area contributed by atoms with E-state index in [0.717, 1.165) is 29.5 Å². The van der Waals surface area contributed by atoms with Crippen LogP contribution in [0.4, 0.5) is 0 Å². The van der Waals surface area contributed by atoms with Crippen LogP contribution in [0.1, 0.15) is 49.4 Å². The molecule has 1 aliphatic rings. The van der Waals surface area contributed by atoms with E-state index < -0.39 is 6.10 Å². The summed E-state index contributed by atoms with van der Waals surface area (Å²) in [7, 11) is 0. The molecule has 0 radical (unpaired) electrons. The topological polar surface area (TPSA) is 59.1 Å². The zero-order chi connectivity index (χ0) is 12.5. The van der Waals surface area contributed by atoms with E-state index in [9.17, 15) is 5.11 Å². The minimum atomic E-state index is -0.487. The molecule has 0 aromatic carbocycles. The zero-order valence-corrected chi connectivity index (χ0v) is 11.5. The van der Waals surface area contributed by atoms with Gasteiger partial charge in [-0.2, -0.15) is 0 Å². The smallest absolute Gasteiger partial charge is 0.122 e. The summed E-state index contributed by atoms with van der Waals surface area (Å²) in [5, 5.41) is 13.4. The Labute approximate surface area is 107 Å². The number of aliphatic hydroxyl groups is 1. The highest BCUT2D eigenvalue weighted by Crippen LogP contribution is 2.47. The number of nitrogens with zero attached hydrogens (tertiary/aromatic N) is 1. The first-order valence-electron chi connectivity index (χ1n) is 6.37. The summed E-state index contributed by atoms with van der Waals surface area (Å²) in [6, 6.07) is 0. The van der Waals surface area contributed by atoms with Crippen LogP contribution >= 0.6 is 11.3 Å². The Morgan fingerprint density at radius 1 is 1.59 bits per heavy atom. The minimum Gasteiger partial charge on any atom is -0.385 e. The van der Waals surface area contributed by atoms with Crippen molar-refractivity contribution in [3.63, 3.8) is 0 Å². The third-order valence-corrected chi connectivity index (χ3v) is 5.14. The molecule has 0 amide bonds. The second-order valence-electron chi connectivity index (χ2n) is 5.48.